The van der Waals surface area contributed by atoms with Crippen LogP contribution in [0.15, 0.2) is 48.6 Å². The Morgan fingerprint density at radius 1 is 0.880 bits per heavy atom. The summed E-state index contributed by atoms with van der Waals surface area (Å²) in [5.41, 5.74) is 3.18. The topological polar surface area (TPSA) is 52.6 Å². The van der Waals surface area contributed by atoms with Crippen molar-refractivity contribution in [3.63, 3.8) is 0 Å². The predicted octanol–water partition coefficient (Wildman–Crippen LogP) is 4.12. The second-order valence-corrected chi connectivity index (χ2v) is 5.42. The first-order chi connectivity index (χ1) is 12.1. The zero-order valence-electron chi connectivity index (χ0n) is 14.5. The number of hydrogen-bond donors (Lipinski definition) is 0. The van der Waals surface area contributed by atoms with Gasteiger partial charge in [-0.05, 0) is 54.0 Å². The molecule has 0 atom stereocenters. The van der Waals surface area contributed by atoms with E-state index in [1.54, 1.807) is 37.5 Å². The van der Waals surface area contributed by atoms with Crippen LogP contribution < -0.4 is 9.47 Å². The van der Waals surface area contributed by atoms with Crippen LogP contribution in [0, 0.1) is 6.92 Å². The van der Waals surface area contributed by atoms with Gasteiger partial charge in [-0.2, -0.15) is 0 Å². The number of ether oxygens (including phenoxy) is 2. The van der Waals surface area contributed by atoms with Crippen molar-refractivity contribution in [3.05, 3.63) is 70.8 Å². The van der Waals surface area contributed by atoms with Crippen LogP contribution >= 0.6 is 0 Å². The molecule has 0 aromatic heterocycles. The molecule has 0 bridgehead atoms. The Morgan fingerprint density at radius 2 is 1.44 bits per heavy atom. The first kappa shape index (κ1) is 18.2. The Hall–Kier alpha value is -3.14. The fraction of sp³-hybridized carbons (Fsp3) is 0.143. The van der Waals surface area contributed by atoms with Crippen LogP contribution in [0.5, 0.6) is 11.5 Å². The molecule has 0 saturated heterocycles. The smallest absolute Gasteiger partial charge is 0.178 e. The molecule has 0 aliphatic rings. The van der Waals surface area contributed by atoms with E-state index in [9.17, 15) is 9.59 Å². The lowest BCUT2D eigenvalue weighted by Crippen LogP contribution is -1.91. The first-order valence-corrected chi connectivity index (χ1v) is 7.75. The van der Waals surface area contributed by atoms with E-state index < -0.39 is 0 Å². The number of aldehydes is 1. The molecular formula is C21H20O4. The fourth-order valence-electron chi connectivity index (χ4n) is 2.28. The van der Waals surface area contributed by atoms with Gasteiger partial charge in [0.15, 0.2) is 12.1 Å². The zero-order valence-corrected chi connectivity index (χ0v) is 14.5. The molecular weight excluding hydrogens is 316 g/mol. The van der Waals surface area contributed by atoms with E-state index in [0.717, 1.165) is 28.7 Å². The van der Waals surface area contributed by atoms with Gasteiger partial charge in [0.1, 0.15) is 11.5 Å². The highest BCUT2D eigenvalue weighted by molar-refractivity contribution is 6.04. The number of ketones is 1. The minimum absolute atomic E-state index is 0.141. The molecule has 0 N–H and O–H groups in total. The summed E-state index contributed by atoms with van der Waals surface area (Å²) in [6.45, 7) is 1.96. The largest absolute Gasteiger partial charge is 0.496 e. The van der Waals surface area contributed by atoms with Crippen LogP contribution in [0.2, 0.25) is 0 Å². The average molecular weight is 336 g/mol. The molecule has 2 aromatic rings. The number of methoxy groups -OCH3 is 2. The summed E-state index contributed by atoms with van der Waals surface area (Å²) in [7, 11) is 3.12. The molecule has 0 amide bonds. The van der Waals surface area contributed by atoms with Crippen molar-refractivity contribution in [2.45, 2.75) is 6.92 Å². The Labute approximate surface area is 147 Å². The van der Waals surface area contributed by atoms with Crippen LogP contribution in [0.25, 0.3) is 12.2 Å². The molecule has 0 radical (unpaired) electrons. The molecule has 2 rings (SSSR count). The second kappa shape index (κ2) is 8.64. The number of hydrogen-bond acceptors (Lipinski definition) is 4. The Bertz CT molecular complexity index is 832. The van der Waals surface area contributed by atoms with E-state index in [2.05, 4.69) is 0 Å². The first-order valence-electron chi connectivity index (χ1n) is 7.75. The quantitative estimate of drug-likeness (QED) is 0.564. The maximum atomic E-state index is 12.0. The number of aryl methyl sites for hydroxylation is 1. The highest BCUT2D eigenvalue weighted by atomic mass is 16.5. The molecule has 2 aromatic carbocycles. The van der Waals surface area contributed by atoms with Crippen LogP contribution in [-0.4, -0.2) is 26.3 Å². The second-order valence-electron chi connectivity index (χ2n) is 5.42. The summed E-state index contributed by atoms with van der Waals surface area (Å²) in [4.78, 5) is 22.9. The molecule has 128 valence electrons. The minimum Gasteiger partial charge on any atom is -0.496 e. The summed E-state index contributed by atoms with van der Waals surface area (Å²) in [6.07, 6.45) is 7.12. The molecule has 25 heavy (non-hydrogen) atoms. The average Bonchev–Trinajstić information content (AvgIpc) is 2.65. The normalized spacial score (nSPS) is 11.0. The molecule has 0 saturated carbocycles. The molecule has 0 fully saturated rings. The number of carbonyl (C=O) groups excluding carboxylic acids is 2. The van der Waals surface area contributed by atoms with Crippen molar-refractivity contribution in [3.8, 4) is 11.5 Å². The maximum Gasteiger partial charge on any atom is 0.178 e. The fourth-order valence-corrected chi connectivity index (χ4v) is 2.28. The summed E-state index contributed by atoms with van der Waals surface area (Å²) < 4.78 is 10.4. The van der Waals surface area contributed by atoms with Crippen molar-refractivity contribution < 1.29 is 19.1 Å². The number of rotatable bonds is 7. The van der Waals surface area contributed by atoms with Gasteiger partial charge in [-0.1, -0.05) is 30.4 Å². The third kappa shape index (κ3) is 4.91. The summed E-state index contributed by atoms with van der Waals surface area (Å²) in [5, 5.41) is 0. The molecule has 0 unspecified atom stereocenters. The molecule has 4 heteroatoms. The number of benzene rings is 2. The molecule has 4 nitrogen and oxygen atoms in total. The maximum absolute atomic E-state index is 12.0. The number of allylic oxidation sites excluding steroid dienone is 2. The van der Waals surface area contributed by atoms with Crippen LogP contribution in [0.4, 0.5) is 0 Å². The lowest BCUT2D eigenvalue weighted by Gasteiger charge is -2.04. The van der Waals surface area contributed by atoms with Crippen molar-refractivity contribution in [2.24, 2.45) is 0 Å². The lowest BCUT2D eigenvalue weighted by atomic mass is 10.1. The third-order valence-electron chi connectivity index (χ3n) is 3.70. The molecule has 0 heterocycles. The van der Waals surface area contributed by atoms with Gasteiger partial charge in [0.25, 0.3) is 0 Å². The van der Waals surface area contributed by atoms with Gasteiger partial charge in [0.2, 0.25) is 0 Å². The molecule has 0 spiro atoms. The van der Waals surface area contributed by atoms with E-state index in [1.165, 1.54) is 19.3 Å². The SMILES string of the molecule is COc1cc(/C=C/C(=O)/C=C/c2ccc(C=O)c(OC)c2)ccc1C. The molecule has 0 aliphatic carbocycles. The van der Waals surface area contributed by atoms with E-state index in [0.29, 0.717) is 11.3 Å². The van der Waals surface area contributed by atoms with Crippen LogP contribution in [0.3, 0.4) is 0 Å². The lowest BCUT2D eigenvalue weighted by molar-refractivity contribution is -0.110. The summed E-state index contributed by atoms with van der Waals surface area (Å²) in [6, 6.07) is 10.9. The van der Waals surface area contributed by atoms with Gasteiger partial charge in [0, 0.05) is 0 Å². The van der Waals surface area contributed by atoms with E-state index in [-0.39, 0.29) is 5.78 Å². The highest BCUT2D eigenvalue weighted by Gasteiger charge is 2.02. The van der Waals surface area contributed by atoms with Gasteiger partial charge < -0.3 is 9.47 Å². The van der Waals surface area contributed by atoms with Crippen LogP contribution in [-0.2, 0) is 4.79 Å². The van der Waals surface area contributed by atoms with E-state index in [4.69, 9.17) is 9.47 Å². The van der Waals surface area contributed by atoms with Crippen molar-refractivity contribution in [1.29, 1.82) is 0 Å². The van der Waals surface area contributed by atoms with Crippen molar-refractivity contribution in [2.75, 3.05) is 14.2 Å². The molecule has 0 aliphatic heterocycles. The summed E-state index contributed by atoms with van der Waals surface area (Å²) >= 11 is 0. The zero-order chi connectivity index (χ0) is 18.2. The standard InChI is InChI=1S/C21H20O4/c1-15-4-5-16(12-20(15)24-2)7-10-19(23)11-8-17-6-9-18(14-22)21(13-17)25-3/h4-14H,1-3H3/b10-7+,11-8+. The predicted molar refractivity (Wildman–Crippen MR) is 99.2 cm³/mol. The van der Waals surface area contributed by atoms with Crippen LogP contribution in [0.1, 0.15) is 27.0 Å². The van der Waals surface area contributed by atoms with Gasteiger partial charge in [-0.25, -0.2) is 0 Å². The summed E-state index contributed by atoms with van der Waals surface area (Å²) in [5.74, 6) is 1.12. The van der Waals surface area contributed by atoms with Gasteiger partial charge >= 0.3 is 0 Å². The number of carbonyl (C=O) groups is 2. The Morgan fingerprint density at radius 3 is 2.00 bits per heavy atom. The van der Waals surface area contributed by atoms with E-state index >= 15 is 0 Å². The van der Waals surface area contributed by atoms with Gasteiger partial charge in [-0.3, -0.25) is 9.59 Å². The van der Waals surface area contributed by atoms with Gasteiger partial charge in [0.05, 0.1) is 19.8 Å². The van der Waals surface area contributed by atoms with Crippen molar-refractivity contribution in [1.82, 2.24) is 0 Å². The van der Waals surface area contributed by atoms with Gasteiger partial charge in [-0.15, -0.1) is 0 Å². The van der Waals surface area contributed by atoms with E-state index in [1.807, 2.05) is 25.1 Å². The Kier molecular flexibility index (Phi) is 6.29. The highest BCUT2D eigenvalue weighted by Crippen LogP contribution is 2.20. The Balaban J connectivity index is 2.09. The minimum atomic E-state index is -0.141. The van der Waals surface area contributed by atoms with Crippen molar-refractivity contribution >= 4 is 24.2 Å². The third-order valence-corrected chi connectivity index (χ3v) is 3.70. The monoisotopic (exact) mass is 336 g/mol.